The van der Waals surface area contributed by atoms with Gasteiger partial charge in [-0.25, -0.2) is 4.79 Å². The Hall–Kier alpha value is -2.89. The fourth-order valence-corrected chi connectivity index (χ4v) is 3.49. The van der Waals surface area contributed by atoms with Crippen LogP contribution in [0.2, 0.25) is 0 Å². The van der Waals surface area contributed by atoms with Gasteiger partial charge in [-0.05, 0) is 36.1 Å². The van der Waals surface area contributed by atoms with Crippen LogP contribution in [0, 0.1) is 0 Å². The van der Waals surface area contributed by atoms with Crippen molar-refractivity contribution in [1.29, 1.82) is 0 Å². The molecule has 0 saturated heterocycles. The summed E-state index contributed by atoms with van der Waals surface area (Å²) in [6.07, 6.45) is 4.24. The topological polar surface area (TPSA) is 84.5 Å². The SMILES string of the molecule is C[C@@H](OC(=O)Cc1ccc2ccccc2c1)C(=O)NC(=O)NC1CCCCC1. The Morgan fingerprint density at radius 3 is 2.50 bits per heavy atom. The average Bonchev–Trinajstić information content (AvgIpc) is 2.68. The number of hydrogen-bond donors (Lipinski definition) is 2. The van der Waals surface area contributed by atoms with Gasteiger partial charge in [0.2, 0.25) is 0 Å². The number of urea groups is 1. The van der Waals surface area contributed by atoms with Crippen molar-refractivity contribution in [1.82, 2.24) is 10.6 Å². The normalized spacial score (nSPS) is 15.6. The summed E-state index contributed by atoms with van der Waals surface area (Å²) < 4.78 is 5.19. The third-order valence-corrected chi connectivity index (χ3v) is 5.02. The Morgan fingerprint density at radius 2 is 1.75 bits per heavy atom. The van der Waals surface area contributed by atoms with Crippen LogP contribution in [0.5, 0.6) is 0 Å². The maximum atomic E-state index is 12.2. The van der Waals surface area contributed by atoms with Crippen molar-refractivity contribution in [2.24, 2.45) is 0 Å². The molecule has 0 aromatic heterocycles. The predicted molar refractivity (Wildman–Crippen MR) is 107 cm³/mol. The maximum absolute atomic E-state index is 12.2. The number of carbonyl (C=O) groups excluding carboxylic acids is 3. The van der Waals surface area contributed by atoms with Crippen molar-refractivity contribution in [3.8, 4) is 0 Å². The van der Waals surface area contributed by atoms with E-state index in [9.17, 15) is 14.4 Å². The fourth-order valence-electron chi connectivity index (χ4n) is 3.49. The zero-order valence-corrected chi connectivity index (χ0v) is 16.1. The van der Waals surface area contributed by atoms with Crippen LogP contribution in [0.4, 0.5) is 4.79 Å². The Labute approximate surface area is 164 Å². The van der Waals surface area contributed by atoms with Crippen LogP contribution in [-0.4, -0.2) is 30.1 Å². The smallest absolute Gasteiger partial charge is 0.321 e. The number of benzene rings is 2. The average molecular weight is 382 g/mol. The Kier molecular flexibility index (Phi) is 6.63. The highest BCUT2D eigenvalue weighted by Crippen LogP contribution is 2.17. The second kappa shape index (κ2) is 9.35. The van der Waals surface area contributed by atoms with Crippen molar-refractivity contribution in [3.05, 3.63) is 48.0 Å². The van der Waals surface area contributed by atoms with Crippen LogP contribution >= 0.6 is 0 Å². The summed E-state index contributed by atoms with van der Waals surface area (Å²) in [6, 6.07) is 13.2. The van der Waals surface area contributed by atoms with Gasteiger partial charge in [0.05, 0.1) is 6.42 Å². The Bertz CT molecular complexity index is 858. The first-order valence-corrected chi connectivity index (χ1v) is 9.80. The highest BCUT2D eigenvalue weighted by atomic mass is 16.5. The van der Waals surface area contributed by atoms with Gasteiger partial charge in [-0.1, -0.05) is 61.7 Å². The molecule has 1 aliphatic rings. The predicted octanol–water partition coefficient (Wildman–Crippen LogP) is 3.47. The number of rotatable bonds is 5. The third-order valence-electron chi connectivity index (χ3n) is 5.02. The molecule has 6 heteroatoms. The number of carbonyl (C=O) groups is 3. The largest absolute Gasteiger partial charge is 0.452 e. The van der Waals surface area contributed by atoms with E-state index in [1.165, 1.54) is 13.3 Å². The first kappa shape index (κ1) is 19.9. The second-order valence-corrected chi connectivity index (χ2v) is 7.29. The van der Waals surface area contributed by atoms with E-state index in [0.29, 0.717) is 0 Å². The highest BCUT2D eigenvalue weighted by Gasteiger charge is 2.22. The number of esters is 1. The first-order valence-electron chi connectivity index (χ1n) is 9.80. The molecule has 1 aliphatic carbocycles. The first-order chi connectivity index (χ1) is 13.5. The quantitative estimate of drug-likeness (QED) is 0.776. The van der Waals surface area contributed by atoms with Crippen LogP contribution < -0.4 is 10.6 Å². The van der Waals surface area contributed by atoms with E-state index in [4.69, 9.17) is 4.74 Å². The lowest BCUT2D eigenvalue weighted by molar-refractivity contribution is -0.153. The van der Waals surface area contributed by atoms with Crippen molar-refractivity contribution in [2.75, 3.05) is 0 Å². The molecule has 1 saturated carbocycles. The lowest BCUT2D eigenvalue weighted by Crippen LogP contribution is -2.48. The Balaban J connectivity index is 1.47. The van der Waals surface area contributed by atoms with Gasteiger partial charge in [0.1, 0.15) is 0 Å². The number of hydrogen-bond acceptors (Lipinski definition) is 4. The summed E-state index contributed by atoms with van der Waals surface area (Å²) in [4.78, 5) is 36.2. The molecule has 0 spiro atoms. The van der Waals surface area contributed by atoms with Crippen molar-refractivity contribution in [3.63, 3.8) is 0 Å². The van der Waals surface area contributed by atoms with Crippen LogP contribution in [0.3, 0.4) is 0 Å². The zero-order chi connectivity index (χ0) is 19.9. The monoisotopic (exact) mass is 382 g/mol. The van der Waals surface area contributed by atoms with Gasteiger partial charge in [0.15, 0.2) is 6.10 Å². The summed E-state index contributed by atoms with van der Waals surface area (Å²) >= 11 is 0. The van der Waals surface area contributed by atoms with Crippen LogP contribution in [0.25, 0.3) is 10.8 Å². The van der Waals surface area contributed by atoms with E-state index in [1.54, 1.807) is 0 Å². The minimum absolute atomic E-state index is 0.0662. The number of fused-ring (bicyclic) bond motifs is 1. The number of imide groups is 1. The highest BCUT2D eigenvalue weighted by molar-refractivity contribution is 5.97. The van der Waals surface area contributed by atoms with Gasteiger partial charge in [-0.2, -0.15) is 0 Å². The molecule has 1 atom stereocenters. The van der Waals surface area contributed by atoms with Crippen LogP contribution in [0.15, 0.2) is 42.5 Å². The molecule has 0 unspecified atom stereocenters. The molecule has 3 rings (SSSR count). The summed E-state index contributed by atoms with van der Waals surface area (Å²) in [7, 11) is 0. The maximum Gasteiger partial charge on any atom is 0.321 e. The molecular formula is C22H26N2O4. The van der Waals surface area contributed by atoms with Gasteiger partial charge in [0, 0.05) is 6.04 Å². The fraction of sp³-hybridized carbons (Fsp3) is 0.409. The number of ether oxygens (including phenoxy) is 1. The standard InChI is InChI=1S/C22H26N2O4/c1-15(21(26)24-22(27)23-19-9-3-2-4-10-19)28-20(25)14-16-11-12-17-7-5-6-8-18(17)13-16/h5-8,11-13,15,19H,2-4,9-10,14H2,1H3,(H2,23,24,26,27)/t15-/m1/s1. The van der Waals surface area contributed by atoms with Crippen LogP contribution in [-0.2, 0) is 20.7 Å². The molecule has 2 N–H and O–H groups in total. The zero-order valence-electron chi connectivity index (χ0n) is 16.1. The van der Waals surface area contributed by atoms with Crippen molar-refractivity contribution in [2.45, 2.75) is 57.6 Å². The van der Waals surface area contributed by atoms with Gasteiger partial charge in [-0.3, -0.25) is 14.9 Å². The minimum Gasteiger partial charge on any atom is -0.452 e. The molecule has 2 aromatic rings. The molecule has 1 fully saturated rings. The molecule has 6 nitrogen and oxygen atoms in total. The molecule has 148 valence electrons. The summed E-state index contributed by atoms with van der Waals surface area (Å²) in [5.74, 6) is -1.13. The Morgan fingerprint density at radius 1 is 1.04 bits per heavy atom. The number of nitrogens with one attached hydrogen (secondary N) is 2. The van der Waals surface area contributed by atoms with Crippen molar-refractivity contribution < 1.29 is 19.1 Å². The number of amides is 3. The lowest BCUT2D eigenvalue weighted by atomic mass is 9.96. The van der Waals surface area contributed by atoms with Gasteiger partial charge >= 0.3 is 12.0 Å². The van der Waals surface area contributed by atoms with E-state index in [-0.39, 0.29) is 12.5 Å². The third kappa shape index (κ3) is 5.55. The van der Waals surface area contributed by atoms with Gasteiger partial charge in [-0.15, -0.1) is 0 Å². The molecule has 0 heterocycles. The molecule has 0 bridgehead atoms. The molecule has 2 aromatic carbocycles. The van der Waals surface area contributed by atoms with Gasteiger partial charge in [0.25, 0.3) is 5.91 Å². The summed E-state index contributed by atoms with van der Waals surface area (Å²) in [6.45, 7) is 1.46. The lowest BCUT2D eigenvalue weighted by Gasteiger charge is -2.23. The van der Waals surface area contributed by atoms with Crippen molar-refractivity contribution >= 4 is 28.7 Å². The minimum atomic E-state index is -1.04. The van der Waals surface area contributed by atoms with E-state index >= 15 is 0 Å². The molecule has 28 heavy (non-hydrogen) atoms. The van der Waals surface area contributed by atoms with E-state index in [0.717, 1.165) is 42.0 Å². The van der Waals surface area contributed by atoms with E-state index in [2.05, 4.69) is 10.6 Å². The summed E-state index contributed by atoms with van der Waals surface area (Å²) in [5.41, 5.74) is 0.811. The van der Waals surface area contributed by atoms with E-state index in [1.807, 2.05) is 42.5 Å². The second-order valence-electron chi connectivity index (χ2n) is 7.29. The molecule has 3 amide bonds. The molecule has 0 radical (unpaired) electrons. The van der Waals surface area contributed by atoms with Crippen LogP contribution in [0.1, 0.15) is 44.6 Å². The summed E-state index contributed by atoms with van der Waals surface area (Å²) in [5, 5.41) is 7.19. The van der Waals surface area contributed by atoms with E-state index < -0.39 is 24.0 Å². The molecule has 0 aliphatic heterocycles. The molecular weight excluding hydrogens is 356 g/mol. The van der Waals surface area contributed by atoms with Gasteiger partial charge < -0.3 is 10.1 Å².